The first-order valence-corrected chi connectivity index (χ1v) is 7.91. The smallest absolute Gasteiger partial charge is 0.165 e. The third-order valence-corrected chi connectivity index (χ3v) is 4.65. The lowest BCUT2D eigenvalue weighted by Gasteiger charge is -2.28. The summed E-state index contributed by atoms with van der Waals surface area (Å²) >= 11 is 1.79. The van der Waals surface area contributed by atoms with E-state index in [1.165, 1.54) is 11.1 Å². The first-order chi connectivity index (χ1) is 9.34. The van der Waals surface area contributed by atoms with E-state index < -0.39 is 0 Å². The number of carbonyl (C=O) groups excluding carboxylic acids is 1. The van der Waals surface area contributed by atoms with E-state index in [1.54, 1.807) is 11.8 Å². The van der Waals surface area contributed by atoms with E-state index in [9.17, 15) is 4.79 Å². The molecule has 1 saturated heterocycles. The molecule has 0 amide bonds. The van der Waals surface area contributed by atoms with Crippen LogP contribution in [0.3, 0.4) is 0 Å². The van der Waals surface area contributed by atoms with Gasteiger partial charge in [-0.1, -0.05) is 24.3 Å². The summed E-state index contributed by atoms with van der Waals surface area (Å²) < 4.78 is 11.3. The van der Waals surface area contributed by atoms with Gasteiger partial charge >= 0.3 is 0 Å². The first-order valence-electron chi connectivity index (χ1n) is 6.76. The van der Waals surface area contributed by atoms with Crippen molar-refractivity contribution in [1.29, 1.82) is 0 Å². The zero-order valence-corrected chi connectivity index (χ0v) is 11.7. The maximum absolute atomic E-state index is 12.3. The molecule has 0 aromatic heterocycles. The fourth-order valence-electron chi connectivity index (χ4n) is 2.63. The molecular weight excluding hydrogens is 260 g/mol. The summed E-state index contributed by atoms with van der Waals surface area (Å²) in [6, 6.07) is 8.26. The van der Waals surface area contributed by atoms with Gasteiger partial charge in [0, 0.05) is 17.9 Å². The van der Waals surface area contributed by atoms with E-state index >= 15 is 0 Å². The average Bonchev–Trinajstić information content (AvgIpc) is 2.48. The van der Waals surface area contributed by atoms with Crippen molar-refractivity contribution in [2.45, 2.75) is 25.0 Å². The zero-order valence-electron chi connectivity index (χ0n) is 10.8. The van der Waals surface area contributed by atoms with Crippen LogP contribution in [-0.4, -0.2) is 36.6 Å². The van der Waals surface area contributed by atoms with Crippen LogP contribution in [0.5, 0.6) is 0 Å². The quantitative estimate of drug-likeness (QED) is 0.850. The van der Waals surface area contributed by atoms with Crippen LogP contribution in [0.4, 0.5) is 0 Å². The molecule has 2 aliphatic heterocycles. The lowest BCUT2D eigenvalue weighted by atomic mass is 9.94. The van der Waals surface area contributed by atoms with Gasteiger partial charge in [-0.15, -0.1) is 0 Å². The minimum atomic E-state index is -0.239. The van der Waals surface area contributed by atoms with Gasteiger partial charge in [-0.3, -0.25) is 4.79 Å². The number of rotatable bonds is 3. The van der Waals surface area contributed by atoms with Crippen LogP contribution in [-0.2, 0) is 20.7 Å². The maximum atomic E-state index is 12.3. The molecule has 19 heavy (non-hydrogen) atoms. The molecule has 0 bridgehead atoms. The van der Waals surface area contributed by atoms with Crippen LogP contribution >= 0.6 is 11.8 Å². The maximum Gasteiger partial charge on any atom is 0.165 e. The summed E-state index contributed by atoms with van der Waals surface area (Å²) in [6.07, 6.45) is 1.04. The van der Waals surface area contributed by atoms with Crippen molar-refractivity contribution in [1.82, 2.24) is 0 Å². The molecule has 102 valence electrons. The SMILES string of the molecule is O=C(CC1OCCc2ccccc21)C1CSCCO1. The highest BCUT2D eigenvalue weighted by atomic mass is 32.2. The van der Waals surface area contributed by atoms with Gasteiger partial charge in [0.15, 0.2) is 5.78 Å². The lowest BCUT2D eigenvalue weighted by molar-refractivity contribution is -0.132. The predicted molar refractivity (Wildman–Crippen MR) is 75.5 cm³/mol. The highest BCUT2D eigenvalue weighted by Gasteiger charge is 2.28. The van der Waals surface area contributed by atoms with Crippen molar-refractivity contribution in [2.75, 3.05) is 24.7 Å². The molecule has 1 fully saturated rings. The molecule has 3 nitrogen and oxygen atoms in total. The van der Waals surface area contributed by atoms with Gasteiger partial charge in [-0.05, 0) is 17.5 Å². The Morgan fingerprint density at radius 3 is 3.00 bits per heavy atom. The van der Waals surface area contributed by atoms with Crippen molar-refractivity contribution in [2.24, 2.45) is 0 Å². The summed E-state index contributed by atoms with van der Waals surface area (Å²) in [5.74, 6) is 1.95. The molecule has 2 unspecified atom stereocenters. The number of hydrogen-bond donors (Lipinski definition) is 0. The molecule has 0 aliphatic carbocycles. The topological polar surface area (TPSA) is 35.5 Å². The van der Waals surface area contributed by atoms with Gasteiger partial charge in [0.1, 0.15) is 6.10 Å². The largest absolute Gasteiger partial charge is 0.373 e. The Hall–Kier alpha value is -0.840. The molecule has 2 atom stereocenters. The van der Waals surface area contributed by atoms with Crippen molar-refractivity contribution >= 4 is 17.5 Å². The Morgan fingerprint density at radius 1 is 1.26 bits per heavy atom. The molecule has 0 spiro atoms. The van der Waals surface area contributed by atoms with Crippen molar-refractivity contribution in [3.63, 3.8) is 0 Å². The number of hydrogen-bond acceptors (Lipinski definition) is 4. The highest BCUT2D eigenvalue weighted by molar-refractivity contribution is 7.99. The van der Waals surface area contributed by atoms with Gasteiger partial charge in [-0.2, -0.15) is 11.8 Å². The second kappa shape index (κ2) is 6.07. The molecule has 0 radical (unpaired) electrons. The second-order valence-corrected chi connectivity index (χ2v) is 6.06. The Morgan fingerprint density at radius 2 is 2.16 bits per heavy atom. The number of fused-ring (bicyclic) bond motifs is 1. The van der Waals surface area contributed by atoms with Crippen LogP contribution in [0.2, 0.25) is 0 Å². The summed E-state index contributed by atoms with van der Waals surface area (Å²) in [5.41, 5.74) is 2.48. The number of benzene rings is 1. The highest BCUT2D eigenvalue weighted by Crippen LogP contribution is 2.30. The number of ether oxygens (including phenoxy) is 2. The Bertz CT molecular complexity index is 454. The summed E-state index contributed by atoms with van der Waals surface area (Å²) in [7, 11) is 0. The Labute approximate surface area is 117 Å². The molecule has 2 heterocycles. The molecule has 1 aromatic carbocycles. The van der Waals surface area contributed by atoms with Gasteiger partial charge in [0.2, 0.25) is 0 Å². The van der Waals surface area contributed by atoms with Crippen molar-refractivity contribution in [3.05, 3.63) is 35.4 Å². The van der Waals surface area contributed by atoms with Gasteiger partial charge in [0.25, 0.3) is 0 Å². The standard InChI is InChI=1S/C15H18O3S/c16-13(15-10-19-8-7-18-15)9-14-12-4-2-1-3-11(12)5-6-17-14/h1-4,14-15H,5-10H2. The molecular formula is C15H18O3S. The molecule has 0 N–H and O–H groups in total. The Kier molecular flexibility index (Phi) is 4.21. The van der Waals surface area contributed by atoms with Gasteiger partial charge < -0.3 is 9.47 Å². The summed E-state index contributed by atoms with van der Waals surface area (Å²) in [5, 5.41) is 0. The molecule has 2 aliphatic rings. The number of thioether (sulfide) groups is 1. The fraction of sp³-hybridized carbons (Fsp3) is 0.533. The van der Waals surface area contributed by atoms with E-state index in [2.05, 4.69) is 12.1 Å². The predicted octanol–water partition coefficient (Wildman–Crippen LogP) is 2.39. The van der Waals surface area contributed by atoms with E-state index in [-0.39, 0.29) is 18.0 Å². The van der Waals surface area contributed by atoms with Crippen molar-refractivity contribution in [3.8, 4) is 0 Å². The van der Waals surface area contributed by atoms with E-state index in [4.69, 9.17) is 9.47 Å². The van der Waals surface area contributed by atoms with Crippen LogP contribution in [0, 0.1) is 0 Å². The minimum Gasteiger partial charge on any atom is -0.373 e. The van der Waals surface area contributed by atoms with Crippen LogP contribution < -0.4 is 0 Å². The first kappa shape index (κ1) is 13.2. The minimum absolute atomic E-state index is 0.0898. The number of carbonyl (C=O) groups is 1. The molecule has 3 rings (SSSR count). The van der Waals surface area contributed by atoms with Crippen LogP contribution in [0.1, 0.15) is 23.7 Å². The zero-order chi connectivity index (χ0) is 13.1. The fourth-order valence-corrected chi connectivity index (χ4v) is 3.51. The van der Waals surface area contributed by atoms with E-state index in [0.717, 1.165) is 17.9 Å². The summed E-state index contributed by atoms with van der Waals surface area (Å²) in [6.45, 7) is 1.39. The number of Topliss-reactive ketones (excluding diaryl/α,β-unsaturated/α-hetero) is 1. The Balaban J connectivity index is 1.68. The monoisotopic (exact) mass is 278 g/mol. The summed E-state index contributed by atoms with van der Waals surface area (Å²) in [4.78, 5) is 12.3. The molecule has 1 aromatic rings. The third kappa shape index (κ3) is 3.02. The lowest BCUT2D eigenvalue weighted by Crippen LogP contribution is -2.33. The van der Waals surface area contributed by atoms with Crippen LogP contribution in [0.25, 0.3) is 0 Å². The van der Waals surface area contributed by atoms with Crippen molar-refractivity contribution < 1.29 is 14.3 Å². The van der Waals surface area contributed by atoms with E-state index in [0.29, 0.717) is 19.6 Å². The molecule has 4 heteroatoms. The van der Waals surface area contributed by atoms with Gasteiger partial charge in [-0.25, -0.2) is 0 Å². The second-order valence-electron chi connectivity index (χ2n) is 4.91. The average molecular weight is 278 g/mol. The number of ketones is 1. The molecule has 0 saturated carbocycles. The normalized spacial score (nSPS) is 26.7. The van der Waals surface area contributed by atoms with Gasteiger partial charge in [0.05, 0.1) is 19.3 Å². The van der Waals surface area contributed by atoms with Crippen LogP contribution in [0.15, 0.2) is 24.3 Å². The third-order valence-electron chi connectivity index (χ3n) is 3.65. The van der Waals surface area contributed by atoms with E-state index in [1.807, 2.05) is 12.1 Å².